The Labute approximate surface area is 113 Å². The molecule has 100 valence electrons. The van der Waals surface area contributed by atoms with Gasteiger partial charge in [-0.3, -0.25) is 0 Å². The molecule has 1 saturated heterocycles. The molecule has 1 aromatic rings. The van der Waals surface area contributed by atoms with Crippen LogP contribution in [0, 0.1) is 5.92 Å². The molecule has 0 radical (unpaired) electrons. The molecule has 3 nitrogen and oxygen atoms in total. The highest BCUT2D eigenvalue weighted by Gasteiger charge is 2.14. The van der Waals surface area contributed by atoms with Gasteiger partial charge in [-0.25, -0.2) is 0 Å². The zero-order valence-corrected chi connectivity index (χ0v) is 11.8. The van der Waals surface area contributed by atoms with Crippen LogP contribution in [0.4, 0.5) is 5.69 Å². The first kappa shape index (κ1) is 13.6. The summed E-state index contributed by atoms with van der Waals surface area (Å²) in [4.78, 5) is 1.15. The maximum atomic E-state index is 6.01. The minimum atomic E-state index is 0.697. The second kappa shape index (κ2) is 6.90. The summed E-state index contributed by atoms with van der Waals surface area (Å²) in [5.41, 5.74) is 6.87. The van der Waals surface area contributed by atoms with Crippen molar-refractivity contribution in [2.75, 3.05) is 31.2 Å². The van der Waals surface area contributed by atoms with Crippen LogP contribution in [0.15, 0.2) is 23.1 Å². The number of nitrogen functional groups attached to an aromatic ring is 1. The van der Waals surface area contributed by atoms with Crippen LogP contribution in [0.3, 0.4) is 0 Å². The highest BCUT2D eigenvalue weighted by atomic mass is 32.2. The Balaban J connectivity index is 1.92. The Morgan fingerprint density at radius 3 is 2.89 bits per heavy atom. The Morgan fingerprint density at radius 1 is 1.39 bits per heavy atom. The van der Waals surface area contributed by atoms with E-state index in [9.17, 15) is 0 Å². The number of anilines is 1. The fraction of sp³-hybridized carbons (Fsp3) is 0.571. The van der Waals surface area contributed by atoms with Gasteiger partial charge in [0.2, 0.25) is 0 Å². The quantitative estimate of drug-likeness (QED) is 0.635. The lowest BCUT2D eigenvalue weighted by Crippen LogP contribution is -2.28. The number of benzene rings is 1. The topological polar surface area (TPSA) is 47.3 Å². The summed E-state index contributed by atoms with van der Waals surface area (Å²) in [5.74, 6) is 2.88. The van der Waals surface area contributed by atoms with E-state index in [0.29, 0.717) is 6.61 Å². The van der Waals surface area contributed by atoms with Crippen molar-refractivity contribution in [3.05, 3.63) is 18.2 Å². The fourth-order valence-corrected chi connectivity index (χ4v) is 3.33. The molecule has 1 heterocycles. The van der Waals surface area contributed by atoms with Crippen LogP contribution in [0.1, 0.15) is 19.8 Å². The second-order valence-corrected chi connectivity index (χ2v) is 5.70. The second-order valence-electron chi connectivity index (χ2n) is 4.64. The minimum Gasteiger partial charge on any atom is -0.494 e. The van der Waals surface area contributed by atoms with Gasteiger partial charge in [-0.15, -0.1) is 11.8 Å². The van der Waals surface area contributed by atoms with Crippen LogP contribution < -0.4 is 15.8 Å². The zero-order valence-electron chi connectivity index (χ0n) is 10.9. The summed E-state index contributed by atoms with van der Waals surface area (Å²) in [6.07, 6.45) is 2.55. The average molecular weight is 266 g/mol. The number of thioether (sulfide) groups is 1. The Morgan fingerprint density at radius 2 is 2.17 bits per heavy atom. The van der Waals surface area contributed by atoms with Crippen molar-refractivity contribution in [3.63, 3.8) is 0 Å². The molecule has 0 unspecified atom stereocenters. The molecular formula is C14H22N2OS. The molecule has 0 bridgehead atoms. The molecule has 1 fully saturated rings. The molecule has 1 aliphatic heterocycles. The monoisotopic (exact) mass is 266 g/mol. The van der Waals surface area contributed by atoms with Crippen LogP contribution >= 0.6 is 11.8 Å². The maximum absolute atomic E-state index is 6.01. The van der Waals surface area contributed by atoms with Gasteiger partial charge in [0.05, 0.1) is 6.61 Å². The summed E-state index contributed by atoms with van der Waals surface area (Å²) in [6.45, 7) is 5.00. The summed E-state index contributed by atoms with van der Waals surface area (Å²) in [5, 5.41) is 3.40. The molecule has 0 aromatic heterocycles. The third kappa shape index (κ3) is 3.82. The van der Waals surface area contributed by atoms with E-state index >= 15 is 0 Å². The summed E-state index contributed by atoms with van der Waals surface area (Å²) in [7, 11) is 0. The first-order chi connectivity index (χ1) is 8.79. The molecular weight excluding hydrogens is 244 g/mol. The smallest absolute Gasteiger partial charge is 0.120 e. The van der Waals surface area contributed by atoms with Crippen molar-refractivity contribution >= 4 is 17.4 Å². The van der Waals surface area contributed by atoms with Crippen molar-refractivity contribution in [2.24, 2.45) is 5.92 Å². The maximum Gasteiger partial charge on any atom is 0.120 e. The van der Waals surface area contributed by atoms with E-state index in [1.165, 1.54) is 12.8 Å². The number of hydrogen-bond acceptors (Lipinski definition) is 4. The lowest BCUT2D eigenvalue weighted by molar-refractivity contribution is 0.339. The van der Waals surface area contributed by atoms with Gasteiger partial charge in [0, 0.05) is 16.3 Å². The first-order valence-electron chi connectivity index (χ1n) is 6.65. The number of piperidine rings is 1. The predicted molar refractivity (Wildman–Crippen MR) is 78.3 cm³/mol. The number of nitrogens with two attached hydrogens (primary N) is 1. The van der Waals surface area contributed by atoms with Gasteiger partial charge < -0.3 is 15.8 Å². The van der Waals surface area contributed by atoms with E-state index in [2.05, 4.69) is 11.4 Å². The van der Waals surface area contributed by atoms with Gasteiger partial charge >= 0.3 is 0 Å². The standard InChI is InChI=1S/C14H22N2OS/c1-2-17-12-3-4-13(15)14(9-12)18-10-11-5-7-16-8-6-11/h3-4,9,11,16H,2,5-8,10,15H2,1H3. The van der Waals surface area contributed by atoms with Crippen LogP contribution in [0.5, 0.6) is 5.75 Å². The van der Waals surface area contributed by atoms with E-state index in [1.54, 1.807) is 0 Å². The van der Waals surface area contributed by atoms with Gasteiger partial charge in [0.1, 0.15) is 5.75 Å². The van der Waals surface area contributed by atoms with Gasteiger partial charge in [-0.05, 0) is 57.0 Å². The highest BCUT2D eigenvalue weighted by molar-refractivity contribution is 7.99. The lowest BCUT2D eigenvalue weighted by atomic mass is 10.0. The normalized spacial score (nSPS) is 16.7. The zero-order chi connectivity index (χ0) is 12.8. The Bertz CT molecular complexity index is 378. The molecule has 3 N–H and O–H groups in total. The van der Waals surface area contributed by atoms with Crippen molar-refractivity contribution in [1.29, 1.82) is 0 Å². The van der Waals surface area contributed by atoms with Crippen LogP contribution in [-0.2, 0) is 0 Å². The molecule has 0 spiro atoms. The molecule has 0 aliphatic carbocycles. The van der Waals surface area contributed by atoms with Gasteiger partial charge in [0.15, 0.2) is 0 Å². The van der Waals surface area contributed by atoms with Crippen LogP contribution in [0.2, 0.25) is 0 Å². The van der Waals surface area contributed by atoms with E-state index in [4.69, 9.17) is 10.5 Å². The molecule has 1 aliphatic rings. The highest BCUT2D eigenvalue weighted by Crippen LogP contribution is 2.32. The minimum absolute atomic E-state index is 0.697. The third-order valence-electron chi connectivity index (χ3n) is 3.23. The number of rotatable bonds is 5. The summed E-state index contributed by atoms with van der Waals surface area (Å²) < 4.78 is 5.51. The number of hydrogen-bond donors (Lipinski definition) is 2. The molecule has 2 rings (SSSR count). The molecule has 0 amide bonds. The average Bonchev–Trinajstić information content (AvgIpc) is 2.41. The molecule has 1 aromatic carbocycles. The lowest BCUT2D eigenvalue weighted by Gasteiger charge is -2.22. The molecule has 18 heavy (non-hydrogen) atoms. The fourth-order valence-electron chi connectivity index (χ4n) is 2.15. The molecule has 0 atom stereocenters. The SMILES string of the molecule is CCOc1ccc(N)c(SCC2CCNCC2)c1. The van der Waals surface area contributed by atoms with Crippen LogP contribution in [-0.4, -0.2) is 25.4 Å². The first-order valence-corrected chi connectivity index (χ1v) is 7.64. The van der Waals surface area contributed by atoms with Crippen molar-refractivity contribution < 1.29 is 4.74 Å². The third-order valence-corrected chi connectivity index (χ3v) is 4.53. The molecule has 4 heteroatoms. The van der Waals surface area contributed by atoms with E-state index in [1.807, 2.05) is 30.8 Å². The van der Waals surface area contributed by atoms with Gasteiger partial charge in [-0.2, -0.15) is 0 Å². The Hall–Kier alpha value is -0.870. The van der Waals surface area contributed by atoms with E-state index < -0.39 is 0 Å². The van der Waals surface area contributed by atoms with E-state index in [0.717, 1.165) is 41.1 Å². The Kier molecular flexibility index (Phi) is 5.20. The van der Waals surface area contributed by atoms with Crippen LogP contribution in [0.25, 0.3) is 0 Å². The number of ether oxygens (including phenoxy) is 1. The molecule has 0 saturated carbocycles. The van der Waals surface area contributed by atoms with Gasteiger partial charge in [-0.1, -0.05) is 0 Å². The predicted octanol–water partition coefficient (Wildman–Crippen LogP) is 2.76. The van der Waals surface area contributed by atoms with Crippen molar-refractivity contribution in [3.8, 4) is 5.75 Å². The van der Waals surface area contributed by atoms with Crippen molar-refractivity contribution in [2.45, 2.75) is 24.7 Å². The van der Waals surface area contributed by atoms with Gasteiger partial charge in [0.25, 0.3) is 0 Å². The summed E-state index contributed by atoms with van der Waals surface area (Å²) in [6, 6.07) is 5.94. The number of nitrogens with one attached hydrogen (secondary N) is 1. The van der Waals surface area contributed by atoms with Crippen molar-refractivity contribution in [1.82, 2.24) is 5.32 Å². The summed E-state index contributed by atoms with van der Waals surface area (Å²) >= 11 is 1.86. The van der Waals surface area contributed by atoms with E-state index in [-0.39, 0.29) is 0 Å². The largest absolute Gasteiger partial charge is 0.494 e.